The molecular formula is C36H36N2O4. The van der Waals surface area contributed by atoms with Crippen LogP contribution in [-0.2, 0) is 16.0 Å². The molecule has 42 heavy (non-hydrogen) atoms. The largest absolute Gasteiger partial charge is 0.494 e. The summed E-state index contributed by atoms with van der Waals surface area (Å²) in [5.41, 5.74) is 3.73. The van der Waals surface area contributed by atoms with E-state index in [0.717, 1.165) is 27.8 Å². The summed E-state index contributed by atoms with van der Waals surface area (Å²) >= 11 is 0. The molecule has 6 nitrogen and oxygen atoms in total. The van der Waals surface area contributed by atoms with E-state index < -0.39 is 11.6 Å². The molecule has 1 amide bonds. The molecule has 5 rings (SSSR count). The number of carbonyl (C=O) groups excluding carboxylic acids is 1. The maximum Gasteiger partial charge on any atom is 0.252 e. The van der Waals surface area contributed by atoms with E-state index in [1.54, 1.807) is 6.08 Å². The van der Waals surface area contributed by atoms with Crippen LogP contribution in [0.1, 0.15) is 35.6 Å². The molecule has 2 N–H and O–H groups in total. The molecule has 2 atom stereocenters. The van der Waals surface area contributed by atoms with Crippen molar-refractivity contribution in [2.45, 2.75) is 30.9 Å². The zero-order valence-corrected chi connectivity index (χ0v) is 23.6. The third kappa shape index (κ3) is 6.61. The highest BCUT2D eigenvalue weighted by atomic mass is 16.5. The van der Waals surface area contributed by atoms with Crippen molar-refractivity contribution in [1.82, 2.24) is 5.32 Å². The van der Waals surface area contributed by atoms with E-state index in [1.807, 2.05) is 72.8 Å². The van der Waals surface area contributed by atoms with Crippen LogP contribution in [0.25, 0.3) is 11.1 Å². The first kappa shape index (κ1) is 28.8. The molecule has 0 aliphatic carbocycles. The van der Waals surface area contributed by atoms with Gasteiger partial charge >= 0.3 is 0 Å². The zero-order valence-electron chi connectivity index (χ0n) is 23.6. The van der Waals surface area contributed by atoms with Gasteiger partial charge in [-0.2, -0.15) is 0 Å². The lowest BCUT2D eigenvalue weighted by molar-refractivity contribution is -0.128. The maximum atomic E-state index is 14.0. The lowest BCUT2D eigenvalue weighted by Gasteiger charge is -2.30. The Morgan fingerprint density at radius 3 is 2.21 bits per heavy atom. The number of aliphatic hydroxyl groups excluding tert-OH is 1. The van der Waals surface area contributed by atoms with E-state index in [0.29, 0.717) is 44.1 Å². The molecule has 4 aromatic rings. The minimum atomic E-state index is -1.22. The van der Waals surface area contributed by atoms with Crippen LogP contribution in [0.15, 0.2) is 127 Å². The van der Waals surface area contributed by atoms with Gasteiger partial charge in [-0.1, -0.05) is 91.0 Å². The SMILES string of the molecule is C=CC[C@@]1(C(=O)NCCc2ccccc2)N=C(c2ccc(OCCCO)cc2)O[C@@H]1c1ccc(-c2ccccc2)cc1. The highest BCUT2D eigenvalue weighted by Crippen LogP contribution is 2.43. The van der Waals surface area contributed by atoms with Gasteiger partial charge in [0.1, 0.15) is 5.75 Å². The first-order valence-electron chi connectivity index (χ1n) is 14.3. The molecule has 214 valence electrons. The van der Waals surface area contributed by atoms with Crippen LogP contribution in [0.4, 0.5) is 0 Å². The van der Waals surface area contributed by atoms with Gasteiger partial charge in [-0.3, -0.25) is 4.79 Å². The number of hydrogen-bond donors (Lipinski definition) is 2. The Morgan fingerprint density at radius 1 is 0.905 bits per heavy atom. The number of ether oxygens (including phenoxy) is 2. The zero-order chi connectivity index (χ0) is 29.2. The highest BCUT2D eigenvalue weighted by Gasteiger charge is 2.52. The molecular weight excluding hydrogens is 524 g/mol. The molecule has 0 radical (unpaired) electrons. The van der Waals surface area contributed by atoms with Crippen molar-refractivity contribution in [2.24, 2.45) is 4.99 Å². The summed E-state index contributed by atoms with van der Waals surface area (Å²) in [4.78, 5) is 19.0. The van der Waals surface area contributed by atoms with Crippen molar-refractivity contribution in [3.63, 3.8) is 0 Å². The fourth-order valence-corrected chi connectivity index (χ4v) is 5.13. The van der Waals surface area contributed by atoms with Crippen molar-refractivity contribution in [1.29, 1.82) is 0 Å². The van der Waals surface area contributed by atoms with Crippen LogP contribution < -0.4 is 10.1 Å². The minimum Gasteiger partial charge on any atom is -0.494 e. The van der Waals surface area contributed by atoms with Crippen molar-refractivity contribution in [3.8, 4) is 16.9 Å². The Bertz CT molecular complexity index is 1490. The maximum absolute atomic E-state index is 14.0. The summed E-state index contributed by atoms with van der Waals surface area (Å²) < 4.78 is 12.2. The fraction of sp³-hybridized carbons (Fsp3) is 0.222. The Morgan fingerprint density at radius 2 is 1.55 bits per heavy atom. The summed E-state index contributed by atoms with van der Waals surface area (Å²) in [5.74, 6) is 0.887. The van der Waals surface area contributed by atoms with Gasteiger partial charge < -0.3 is 19.9 Å². The molecule has 1 aliphatic rings. The lowest BCUT2D eigenvalue weighted by Crippen LogP contribution is -2.48. The minimum absolute atomic E-state index is 0.0786. The summed E-state index contributed by atoms with van der Waals surface area (Å²) in [5, 5.41) is 12.2. The first-order valence-corrected chi connectivity index (χ1v) is 14.3. The van der Waals surface area contributed by atoms with E-state index in [1.165, 1.54) is 0 Å². The van der Waals surface area contributed by atoms with Crippen molar-refractivity contribution >= 4 is 11.8 Å². The Kier molecular flexibility index (Phi) is 9.47. The van der Waals surface area contributed by atoms with Gasteiger partial charge in [-0.25, -0.2) is 4.99 Å². The van der Waals surface area contributed by atoms with Crippen LogP contribution in [-0.4, -0.2) is 42.2 Å². The number of rotatable bonds is 13. The first-order chi connectivity index (χ1) is 20.6. The van der Waals surface area contributed by atoms with Crippen LogP contribution in [0, 0.1) is 0 Å². The van der Waals surface area contributed by atoms with Gasteiger partial charge in [0.15, 0.2) is 11.6 Å². The molecule has 0 saturated heterocycles. The molecule has 1 heterocycles. The monoisotopic (exact) mass is 560 g/mol. The van der Waals surface area contributed by atoms with E-state index in [9.17, 15) is 4.79 Å². The van der Waals surface area contributed by atoms with Crippen LogP contribution in [0.5, 0.6) is 5.75 Å². The van der Waals surface area contributed by atoms with Crippen molar-refractivity contribution < 1.29 is 19.4 Å². The number of amides is 1. The Labute approximate surface area is 247 Å². The topological polar surface area (TPSA) is 80.2 Å². The molecule has 1 aliphatic heterocycles. The fourth-order valence-electron chi connectivity index (χ4n) is 5.13. The van der Waals surface area contributed by atoms with Gasteiger partial charge in [0.2, 0.25) is 5.90 Å². The predicted molar refractivity (Wildman–Crippen MR) is 167 cm³/mol. The van der Waals surface area contributed by atoms with E-state index in [2.05, 4.69) is 48.3 Å². The quantitative estimate of drug-likeness (QED) is 0.148. The van der Waals surface area contributed by atoms with Crippen molar-refractivity contribution in [3.05, 3.63) is 139 Å². The average Bonchev–Trinajstić information content (AvgIpc) is 3.43. The van der Waals surface area contributed by atoms with Gasteiger partial charge in [0.25, 0.3) is 5.91 Å². The number of hydrogen-bond acceptors (Lipinski definition) is 5. The predicted octanol–water partition coefficient (Wildman–Crippen LogP) is 6.31. The average molecular weight is 561 g/mol. The van der Waals surface area contributed by atoms with Crippen LogP contribution >= 0.6 is 0 Å². The molecule has 0 saturated carbocycles. The number of benzene rings is 4. The van der Waals surface area contributed by atoms with Crippen LogP contribution in [0.2, 0.25) is 0 Å². The molecule has 0 unspecified atom stereocenters. The van der Waals surface area contributed by atoms with E-state index in [-0.39, 0.29) is 12.5 Å². The Balaban J connectivity index is 1.44. The summed E-state index contributed by atoms with van der Waals surface area (Å²) in [7, 11) is 0. The highest BCUT2D eigenvalue weighted by molar-refractivity contribution is 6.01. The number of carbonyl (C=O) groups is 1. The third-order valence-corrected chi connectivity index (χ3v) is 7.35. The summed E-state index contributed by atoms with van der Waals surface area (Å²) in [6, 6.07) is 35.8. The smallest absolute Gasteiger partial charge is 0.252 e. The normalized spacial score (nSPS) is 17.6. The molecule has 6 heteroatoms. The summed E-state index contributed by atoms with van der Waals surface area (Å²) in [6.45, 7) is 4.95. The van der Waals surface area contributed by atoms with Crippen LogP contribution in [0.3, 0.4) is 0 Å². The standard InChI is InChI=1S/C36H36N2O4/c1-2-23-36(35(40)37-24-22-27-10-5-3-6-11-27)33(30-16-14-29(15-17-30)28-12-7-4-8-13-28)42-34(38-36)31-18-20-32(21-19-31)41-26-9-25-39/h2-8,10-21,33,39H,1,9,22-26H2,(H,37,40)/t33-,36-/m1/s1. The number of aliphatic imine (C=N–C) groups is 1. The second kappa shape index (κ2) is 13.8. The molecule has 0 spiro atoms. The lowest BCUT2D eigenvalue weighted by atomic mass is 9.84. The van der Waals surface area contributed by atoms with E-state index in [4.69, 9.17) is 19.6 Å². The molecule has 0 aromatic heterocycles. The Hall–Kier alpha value is -4.68. The summed E-state index contributed by atoms with van der Waals surface area (Å²) in [6.07, 6.45) is 2.66. The second-order valence-corrected chi connectivity index (χ2v) is 10.3. The number of nitrogens with one attached hydrogen (secondary N) is 1. The molecule has 4 aromatic carbocycles. The van der Waals surface area contributed by atoms with Gasteiger partial charge in [0, 0.05) is 31.6 Å². The molecule has 0 fully saturated rings. The molecule has 0 bridgehead atoms. The van der Waals surface area contributed by atoms with Crippen molar-refractivity contribution in [2.75, 3.05) is 19.8 Å². The number of aliphatic hydroxyl groups is 1. The van der Waals surface area contributed by atoms with Gasteiger partial charge in [-0.15, -0.1) is 6.58 Å². The van der Waals surface area contributed by atoms with Gasteiger partial charge in [0.05, 0.1) is 6.61 Å². The van der Waals surface area contributed by atoms with E-state index >= 15 is 0 Å². The van der Waals surface area contributed by atoms with Gasteiger partial charge in [-0.05, 0) is 52.9 Å². The second-order valence-electron chi connectivity index (χ2n) is 10.3. The third-order valence-electron chi connectivity index (χ3n) is 7.35. The number of nitrogens with zero attached hydrogens (tertiary/aromatic N) is 1.